The summed E-state index contributed by atoms with van der Waals surface area (Å²) in [6, 6.07) is 12.5. The molecule has 0 atom stereocenters. The Kier molecular flexibility index (Phi) is 6.77. The molecular weight excluding hydrogens is 391 g/mol. The van der Waals surface area contributed by atoms with E-state index in [0.717, 1.165) is 0 Å². The lowest BCUT2D eigenvalue weighted by molar-refractivity contribution is -0.384. The van der Waals surface area contributed by atoms with Crippen LogP contribution >= 0.6 is 23.2 Å². The van der Waals surface area contributed by atoms with E-state index in [1.54, 1.807) is 31.3 Å². The fraction of sp³-hybridized carbons (Fsp3) is 0.111. The van der Waals surface area contributed by atoms with Gasteiger partial charge in [0.05, 0.1) is 39.0 Å². The molecule has 1 N–H and O–H groups in total. The number of nitro benzene ring substituents is 1. The molecule has 1 amide bonds. The Labute approximate surface area is 165 Å². The summed E-state index contributed by atoms with van der Waals surface area (Å²) < 4.78 is 0. The zero-order chi connectivity index (χ0) is 20.0. The van der Waals surface area contributed by atoms with Crippen LogP contribution in [-0.4, -0.2) is 29.3 Å². The van der Waals surface area contributed by atoms with Gasteiger partial charge in [-0.3, -0.25) is 14.9 Å². The molecule has 0 aliphatic heterocycles. The molecule has 0 spiro atoms. The van der Waals surface area contributed by atoms with Crippen LogP contribution < -0.4 is 5.32 Å². The van der Waals surface area contributed by atoms with Gasteiger partial charge in [0.25, 0.3) is 5.69 Å². The summed E-state index contributed by atoms with van der Waals surface area (Å²) in [5.41, 5.74) is 0.982. The van der Waals surface area contributed by atoms with Crippen molar-refractivity contribution in [2.45, 2.75) is 0 Å². The van der Waals surface area contributed by atoms with Crippen molar-refractivity contribution in [3.05, 3.63) is 74.3 Å². The molecule has 7 nitrogen and oxygen atoms in total. The van der Waals surface area contributed by atoms with Gasteiger partial charge in [-0.25, -0.2) is 0 Å². The van der Waals surface area contributed by atoms with Crippen LogP contribution in [0.4, 0.5) is 11.4 Å². The van der Waals surface area contributed by atoms with Gasteiger partial charge in [-0.2, -0.15) is 5.26 Å². The molecule has 0 saturated carbocycles. The van der Waals surface area contributed by atoms with Gasteiger partial charge in [0, 0.05) is 30.8 Å². The highest BCUT2D eigenvalue weighted by Gasteiger charge is 2.16. The van der Waals surface area contributed by atoms with E-state index in [4.69, 9.17) is 28.5 Å². The molecule has 0 heterocycles. The molecule has 27 heavy (non-hydrogen) atoms. The number of amides is 1. The SMILES string of the molecule is CN(CC(=O)Nc1c(Cl)cccc1Cl)/C(=C/C#N)c1cccc([N+](=O)[O-])c1. The van der Waals surface area contributed by atoms with Gasteiger partial charge in [-0.1, -0.05) is 41.4 Å². The van der Waals surface area contributed by atoms with E-state index in [9.17, 15) is 14.9 Å². The number of para-hydroxylation sites is 1. The van der Waals surface area contributed by atoms with Crippen molar-refractivity contribution in [2.24, 2.45) is 0 Å². The van der Waals surface area contributed by atoms with Gasteiger partial charge in [0.1, 0.15) is 0 Å². The first-order chi connectivity index (χ1) is 12.8. The second kappa shape index (κ2) is 9.03. The minimum atomic E-state index is -0.528. The fourth-order valence-corrected chi connectivity index (χ4v) is 2.84. The highest BCUT2D eigenvalue weighted by Crippen LogP contribution is 2.30. The average Bonchev–Trinajstić information content (AvgIpc) is 2.62. The van der Waals surface area contributed by atoms with Crippen LogP contribution in [-0.2, 0) is 4.79 Å². The van der Waals surface area contributed by atoms with Crippen molar-refractivity contribution in [1.82, 2.24) is 4.90 Å². The molecule has 0 radical (unpaired) electrons. The number of hydrogen-bond acceptors (Lipinski definition) is 5. The van der Waals surface area contributed by atoms with Gasteiger partial charge in [-0.15, -0.1) is 0 Å². The predicted molar refractivity (Wildman–Crippen MR) is 104 cm³/mol. The van der Waals surface area contributed by atoms with Crippen molar-refractivity contribution in [3.8, 4) is 6.07 Å². The van der Waals surface area contributed by atoms with Gasteiger partial charge in [0.2, 0.25) is 5.91 Å². The van der Waals surface area contributed by atoms with E-state index >= 15 is 0 Å². The molecule has 0 bridgehead atoms. The molecule has 2 rings (SSSR count). The molecular formula is C18H14Cl2N4O3. The first-order valence-electron chi connectivity index (χ1n) is 7.63. The number of nitrogens with zero attached hydrogens (tertiary/aromatic N) is 3. The van der Waals surface area contributed by atoms with Crippen LogP contribution in [0.25, 0.3) is 5.70 Å². The second-order valence-electron chi connectivity index (χ2n) is 5.47. The predicted octanol–water partition coefficient (Wildman–Crippen LogP) is 4.34. The van der Waals surface area contributed by atoms with Gasteiger partial charge in [0.15, 0.2) is 0 Å². The summed E-state index contributed by atoms with van der Waals surface area (Å²) in [5, 5.41) is 23.2. The summed E-state index contributed by atoms with van der Waals surface area (Å²) in [6.45, 7) is -0.127. The van der Waals surface area contributed by atoms with E-state index in [0.29, 0.717) is 27.0 Å². The van der Waals surface area contributed by atoms with E-state index < -0.39 is 10.8 Å². The summed E-state index contributed by atoms with van der Waals surface area (Å²) in [7, 11) is 1.59. The smallest absolute Gasteiger partial charge is 0.270 e. The summed E-state index contributed by atoms with van der Waals surface area (Å²) in [6.07, 6.45) is 1.22. The number of carbonyl (C=O) groups excluding carboxylic acids is 1. The molecule has 0 aliphatic carbocycles. The number of carbonyl (C=O) groups is 1. The van der Waals surface area contributed by atoms with Crippen molar-refractivity contribution < 1.29 is 9.72 Å². The maximum absolute atomic E-state index is 12.4. The number of anilines is 1. The largest absolute Gasteiger partial charge is 0.364 e. The Morgan fingerprint density at radius 2 is 1.93 bits per heavy atom. The van der Waals surface area contributed by atoms with E-state index in [2.05, 4.69) is 5.32 Å². The first-order valence-corrected chi connectivity index (χ1v) is 8.38. The van der Waals surface area contributed by atoms with Crippen LogP contribution in [0.5, 0.6) is 0 Å². The van der Waals surface area contributed by atoms with Gasteiger partial charge >= 0.3 is 0 Å². The first kappa shape index (κ1) is 20.2. The minimum absolute atomic E-state index is 0.114. The number of likely N-dealkylation sites (N-methyl/N-ethyl adjacent to an activating group) is 1. The third kappa shape index (κ3) is 5.20. The molecule has 138 valence electrons. The lowest BCUT2D eigenvalue weighted by Gasteiger charge is -2.22. The molecule has 0 fully saturated rings. The summed E-state index contributed by atoms with van der Waals surface area (Å²) in [4.78, 5) is 24.3. The zero-order valence-corrected chi connectivity index (χ0v) is 15.7. The lowest BCUT2D eigenvalue weighted by atomic mass is 10.1. The van der Waals surface area contributed by atoms with E-state index in [1.165, 1.54) is 29.2 Å². The van der Waals surface area contributed by atoms with Crippen LogP contribution in [0.3, 0.4) is 0 Å². The Balaban J connectivity index is 2.21. The maximum atomic E-state index is 12.4. The van der Waals surface area contributed by atoms with Crippen molar-refractivity contribution in [2.75, 3.05) is 18.9 Å². The maximum Gasteiger partial charge on any atom is 0.270 e. The second-order valence-corrected chi connectivity index (χ2v) is 6.28. The quantitative estimate of drug-likeness (QED) is 0.438. The number of benzene rings is 2. The van der Waals surface area contributed by atoms with E-state index in [-0.39, 0.29) is 12.2 Å². The molecule has 0 aromatic heterocycles. The minimum Gasteiger partial charge on any atom is -0.364 e. The van der Waals surface area contributed by atoms with E-state index in [1.807, 2.05) is 6.07 Å². The number of nitrogens with one attached hydrogen (secondary N) is 1. The molecule has 2 aromatic carbocycles. The summed E-state index contributed by atoms with van der Waals surface area (Å²) >= 11 is 12.1. The number of nitriles is 1. The Bertz CT molecular complexity index is 934. The summed E-state index contributed by atoms with van der Waals surface area (Å²) in [5.74, 6) is -0.415. The Hall–Kier alpha value is -3.08. The number of halogens is 2. The monoisotopic (exact) mass is 404 g/mol. The Morgan fingerprint density at radius 3 is 2.52 bits per heavy atom. The highest BCUT2D eigenvalue weighted by atomic mass is 35.5. The third-order valence-corrected chi connectivity index (χ3v) is 4.20. The number of non-ortho nitro benzene ring substituents is 1. The topological polar surface area (TPSA) is 99.3 Å². The van der Waals surface area contributed by atoms with Crippen LogP contribution in [0.15, 0.2) is 48.5 Å². The Morgan fingerprint density at radius 1 is 1.30 bits per heavy atom. The van der Waals surface area contributed by atoms with Crippen LogP contribution in [0.1, 0.15) is 5.56 Å². The van der Waals surface area contributed by atoms with Crippen molar-refractivity contribution in [3.63, 3.8) is 0 Å². The third-order valence-electron chi connectivity index (χ3n) is 3.57. The molecule has 0 aliphatic rings. The number of rotatable bonds is 6. The average molecular weight is 405 g/mol. The number of nitro groups is 1. The zero-order valence-electron chi connectivity index (χ0n) is 14.1. The molecule has 0 saturated heterocycles. The van der Waals surface area contributed by atoms with Crippen LogP contribution in [0, 0.1) is 21.4 Å². The standard InChI is InChI=1S/C18H14Cl2N4O3/c1-23(11-17(25)22-18-14(19)6-3-7-15(18)20)16(8-9-21)12-4-2-5-13(10-12)24(26)27/h2-8,10H,11H2,1H3,(H,22,25)/b16-8+. The highest BCUT2D eigenvalue weighted by molar-refractivity contribution is 6.39. The normalized spacial score (nSPS) is 10.8. The fourth-order valence-electron chi connectivity index (χ4n) is 2.35. The molecule has 9 heteroatoms. The molecule has 0 unspecified atom stereocenters. The lowest BCUT2D eigenvalue weighted by Crippen LogP contribution is -2.29. The van der Waals surface area contributed by atoms with Crippen molar-refractivity contribution >= 4 is 46.2 Å². The van der Waals surface area contributed by atoms with Gasteiger partial charge < -0.3 is 10.2 Å². The van der Waals surface area contributed by atoms with Crippen LogP contribution in [0.2, 0.25) is 10.0 Å². The molecule has 2 aromatic rings. The van der Waals surface area contributed by atoms with Crippen molar-refractivity contribution in [1.29, 1.82) is 5.26 Å². The number of hydrogen-bond donors (Lipinski definition) is 1. The number of allylic oxidation sites excluding steroid dienone is 1. The van der Waals surface area contributed by atoms with Gasteiger partial charge in [-0.05, 0) is 12.1 Å².